The van der Waals surface area contributed by atoms with Crippen molar-refractivity contribution in [3.8, 4) is 5.75 Å². The van der Waals surface area contributed by atoms with E-state index in [2.05, 4.69) is 52.6 Å². The van der Waals surface area contributed by atoms with Crippen molar-refractivity contribution in [2.24, 2.45) is 10.9 Å². The summed E-state index contributed by atoms with van der Waals surface area (Å²) in [5.74, 6) is 2.31. The Morgan fingerprint density at radius 1 is 1.26 bits per heavy atom. The SMILES string of the molecule is CN=C(NCCCN1CCCCC1C)NCc1ccc(C)cc1OCC1CCOC1.I. The topological polar surface area (TPSA) is 58.1 Å². The maximum absolute atomic E-state index is 6.16. The van der Waals surface area contributed by atoms with Crippen LogP contribution in [0.25, 0.3) is 0 Å². The van der Waals surface area contributed by atoms with Gasteiger partial charge in [-0.1, -0.05) is 18.6 Å². The van der Waals surface area contributed by atoms with Gasteiger partial charge in [-0.2, -0.15) is 0 Å². The second-order valence-corrected chi connectivity index (χ2v) is 8.74. The van der Waals surface area contributed by atoms with Gasteiger partial charge in [-0.05, 0) is 57.7 Å². The number of benzene rings is 1. The lowest BCUT2D eigenvalue weighted by molar-refractivity contribution is 0.159. The molecule has 176 valence electrons. The summed E-state index contributed by atoms with van der Waals surface area (Å²) in [5.41, 5.74) is 2.37. The molecule has 7 heteroatoms. The lowest BCUT2D eigenvalue weighted by Crippen LogP contribution is -2.41. The summed E-state index contributed by atoms with van der Waals surface area (Å²) in [6.07, 6.45) is 6.28. The van der Waals surface area contributed by atoms with Crippen LogP contribution in [0.5, 0.6) is 5.75 Å². The first-order chi connectivity index (χ1) is 14.7. The van der Waals surface area contributed by atoms with E-state index >= 15 is 0 Å². The summed E-state index contributed by atoms with van der Waals surface area (Å²) in [7, 11) is 1.83. The third-order valence-electron chi connectivity index (χ3n) is 6.25. The van der Waals surface area contributed by atoms with Crippen LogP contribution >= 0.6 is 24.0 Å². The van der Waals surface area contributed by atoms with Gasteiger partial charge in [-0.15, -0.1) is 24.0 Å². The van der Waals surface area contributed by atoms with Crippen LogP contribution < -0.4 is 15.4 Å². The molecule has 2 unspecified atom stereocenters. The van der Waals surface area contributed by atoms with Crippen molar-refractivity contribution in [1.29, 1.82) is 0 Å². The highest BCUT2D eigenvalue weighted by atomic mass is 127. The van der Waals surface area contributed by atoms with Crippen LogP contribution in [0.2, 0.25) is 0 Å². The molecule has 0 saturated carbocycles. The van der Waals surface area contributed by atoms with Crippen molar-refractivity contribution in [1.82, 2.24) is 15.5 Å². The molecule has 3 rings (SSSR count). The molecule has 1 aromatic rings. The van der Waals surface area contributed by atoms with Gasteiger partial charge in [0.25, 0.3) is 0 Å². The lowest BCUT2D eigenvalue weighted by Gasteiger charge is -2.33. The number of rotatable bonds is 9. The van der Waals surface area contributed by atoms with E-state index in [9.17, 15) is 0 Å². The zero-order valence-electron chi connectivity index (χ0n) is 19.5. The molecule has 0 radical (unpaired) electrons. The van der Waals surface area contributed by atoms with Gasteiger partial charge < -0.3 is 25.0 Å². The molecule has 0 amide bonds. The van der Waals surface area contributed by atoms with E-state index in [0.717, 1.165) is 69.1 Å². The molecule has 2 heterocycles. The number of ether oxygens (including phenoxy) is 2. The van der Waals surface area contributed by atoms with E-state index in [4.69, 9.17) is 9.47 Å². The van der Waals surface area contributed by atoms with E-state index < -0.39 is 0 Å². The molecule has 2 saturated heterocycles. The summed E-state index contributed by atoms with van der Waals surface area (Å²) in [6, 6.07) is 7.14. The van der Waals surface area contributed by atoms with Gasteiger partial charge in [-0.25, -0.2) is 0 Å². The molecule has 0 aromatic heterocycles. The zero-order chi connectivity index (χ0) is 21.2. The number of hydrogen-bond donors (Lipinski definition) is 2. The Hall–Kier alpha value is -1.06. The van der Waals surface area contributed by atoms with Crippen molar-refractivity contribution < 1.29 is 9.47 Å². The van der Waals surface area contributed by atoms with Gasteiger partial charge in [0.05, 0.1) is 13.2 Å². The Labute approximate surface area is 205 Å². The molecule has 31 heavy (non-hydrogen) atoms. The predicted octanol–water partition coefficient (Wildman–Crippen LogP) is 3.96. The number of aliphatic imine (C=N–C) groups is 1. The maximum atomic E-state index is 6.16. The zero-order valence-corrected chi connectivity index (χ0v) is 21.8. The second-order valence-electron chi connectivity index (χ2n) is 8.74. The molecule has 0 aliphatic carbocycles. The molecule has 1 aromatic carbocycles. The van der Waals surface area contributed by atoms with Gasteiger partial charge in [-0.3, -0.25) is 4.99 Å². The van der Waals surface area contributed by atoms with Crippen LogP contribution in [0.15, 0.2) is 23.2 Å². The Morgan fingerprint density at radius 3 is 2.87 bits per heavy atom. The number of piperidine rings is 1. The minimum absolute atomic E-state index is 0. The number of likely N-dealkylation sites (tertiary alicyclic amines) is 1. The fraction of sp³-hybridized carbons (Fsp3) is 0.708. The minimum Gasteiger partial charge on any atom is -0.493 e. The normalized spacial score (nSPS) is 22.1. The lowest BCUT2D eigenvalue weighted by atomic mass is 10.0. The Morgan fingerprint density at radius 2 is 2.13 bits per heavy atom. The number of guanidine groups is 1. The van der Waals surface area contributed by atoms with Crippen LogP contribution in [0.1, 0.15) is 50.2 Å². The van der Waals surface area contributed by atoms with Crippen LogP contribution in [0.3, 0.4) is 0 Å². The molecule has 2 atom stereocenters. The molecular weight excluding hydrogens is 503 g/mol. The smallest absolute Gasteiger partial charge is 0.191 e. The first-order valence-corrected chi connectivity index (χ1v) is 11.6. The molecular formula is C24H41IN4O2. The van der Waals surface area contributed by atoms with E-state index in [1.54, 1.807) is 0 Å². The van der Waals surface area contributed by atoms with Gasteiger partial charge in [0.15, 0.2) is 5.96 Å². The minimum atomic E-state index is 0. The Kier molecular flexibility index (Phi) is 12.0. The summed E-state index contributed by atoms with van der Waals surface area (Å²) >= 11 is 0. The Balaban J connectivity index is 0.00000341. The number of nitrogens with one attached hydrogen (secondary N) is 2. The molecule has 0 spiro atoms. The van der Waals surface area contributed by atoms with Crippen molar-refractivity contribution in [3.05, 3.63) is 29.3 Å². The highest BCUT2D eigenvalue weighted by Gasteiger charge is 2.18. The van der Waals surface area contributed by atoms with E-state index in [1.165, 1.54) is 31.4 Å². The fourth-order valence-corrected chi connectivity index (χ4v) is 4.24. The number of aryl methyl sites for hydroxylation is 1. The monoisotopic (exact) mass is 544 g/mol. The molecule has 6 nitrogen and oxygen atoms in total. The summed E-state index contributed by atoms with van der Waals surface area (Å²) in [6.45, 7) is 10.9. The average molecular weight is 545 g/mol. The maximum Gasteiger partial charge on any atom is 0.191 e. The van der Waals surface area contributed by atoms with Crippen LogP contribution in [-0.2, 0) is 11.3 Å². The first-order valence-electron chi connectivity index (χ1n) is 11.6. The van der Waals surface area contributed by atoms with Crippen LogP contribution in [-0.4, -0.2) is 63.4 Å². The van der Waals surface area contributed by atoms with Crippen molar-refractivity contribution >= 4 is 29.9 Å². The molecule has 2 N–H and O–H groups in total. The molecule has 2 aliphatic heterocycles. The molecule has 2 aliphatic rings. The molecule has 2 fully saturated rings. The highest BCUT2D eigenvalue weighted by Crippen LogP contribution is 2.22. The van der Waals surface area contributed by atoms with Crippen molar-refractivity contribution in [2.75, 3.05) is 46.5 Å². The van der Waals surface area contributed by atoms with E-state index in [-0.39, 0.29) is 24.0 Å². The summed E-state index contributed by atoms with van der Waals surface area (Å²) in [5, 5.41) is 6.90. The molecule has 0 bridgehead atoms. The van der Waals surface area contributed by atoms with Gasteiger partial charge in [0.2, 0.25) is 0 Å². The van der Waals surface area contributed by atoms with Crippen LogP contribution in [0, 0.1) is 12.8 Å². The third-order valence-corrected chi connectivity index (χ3v) is 6.25. The predicted molar refractivity (Wildman–Crippen MR) is 139 cm³/mol. The number of nitrogens with zero attached hydrogens (tertiary/aromatic N) is 2. The van der Waals surface area contributed by atoms with Crippen molar-refractivity contribution in [2.45, 2.75) is 58.5 Å². The standard InChI is InChI=1S/C24H40N4O2.HI/c1-19-8-9-22(23(15-19)30-18-21-10-14-29-17-21)16-27-24(25-3)26-11-6-13-28-12-5-4-7-20(28)2;/h8-9,15,20-21H,4-7,10-14,16-18H2,1-3H3,(H2,25,26,27);1H. The quantitative estimate of drug-likeness (QED) is 0.214. The van der Waals surface area contributed by atoms with Gasteiger partial charge in [0.1, 0.15) is 5.75 Å². The second kappa shape index (κ2) is 14.2. The Bertz CT molecular complexity index is 680. The van der Waals surface area contributed by atoms with Gasteiger partial charge >= 0.3 is 0 Å². The average Bonchev–Trinajstić information content (AvgIpc) is 3.27. The van der Waals surface area contributed by atoms with E-state index in [1.807, 2.05) is 7.05 Å². The summed E-state index contributed by atoms with van der Waals surface area (Å²) in [4.78, 5) is 7.00. The highest BCUT2D eigenvalue weighted by molar-refractivity contribution is 14.0. The van der Waals surface area contributed by atoms with Crippen molar-refractivity contribution in [3.63, 3.8) is 0 Å². The fourth-order valence-electron chi connectivity index (χ4n) is 4.24. The van der Waals surface area contributed by atoms with E-state index in [0.29, 0.717) is 12.5 Å². The third kappa shape index (κ3) is 8.77. The van der Waals surface area contributed by atoms with Gasteiger partial charge in [0, 0.05) is 50.8 Å². The summed E-state index contributed by atoms with van der Waals surface area (Å²) < 4.78 is 11.6. The largest absolute Gasteiger partial charge is 0.493 e. The first kappa shape index (κ1) is 26.2. The number of hydrogen-bond acceptors (Lipinski definition) is 4. The van der Waals surface area contributed by atoms with Crippen LogP contribution in [0.4, 0.5) is 0 Å². The number of halogens is 1.